The summed E-state index contributed by atoms with van der Waals surface area (Å²) in [5.74, 6) is 4.58. The van der Waals surface area contributed by atoms with E-state index < -0.39 is 5.82 Å². The van der Waals surface area contributed by atoms with E-state index in [1.807, 2.05) is 11.9 Å². The maximum absolute atomic E-state index is 13.5. The van der Waals surface area contributed by atoms with E-state index in [1.165, 1.54) is 11.0 Å². The third-order valence-electron chi connectivity index (χ3n) is 2.69. The Bertz CT molecular complexity index is 532. The molecule has 0 atom stereocenters. The van der Waals surface area contributed by atoms with Gasteiger partial charge in [0.2, 0.25) is 5.91 Å². The molecule has 0 aliphatic rings. The fourth-order valence-corrected chi connectivity index (χ4v) is 1.64. The highest BCUT2D eigenvalue weighted by Crippen LogP contribution is 2.11. The Morgan fingerprint density at radius 2 is 2.05 bits per heavy atom. The van der Waals surface area contributed by atoms with Gasteiger partial charge in [0.05, 0.1) is 12.1 Å². The second-order valence-electron chi connectivity index (χ2n) is 4.73. The quantitative estimate of drug-likeness (QED) is 0.824. The number of carbonyl (C=O) groups excluding carboxylic acids is 1. The number of carbonyl (C=O) groups is 1. The molecule has 0 unspecified atom stereocenters. The average molecular weight is 278 g/mol. The fourth-order valence-electron chi connectivity index (χ4n) is 1.64. The third-order valence-corrected chi connectivity index (χ3v) is 2.69. The minimum absolute atomic E-state index is 0.00917. The summed E-state index contributed by atoms with van der Waals surface area (Å²) in [6.07, 6.45) is 0. The normalized spacial score (nSPS) is 10.1. The molecule has 0 saturated heterocycles. The van der Waals surface area contributed by atoms with Crippen LogP contribution in [-0.2, 0) is 11.3 Å². The van der Waals surface area contributed by atoms with Crippen LogP contribution in [0.4, 0.5) is 4.39 Å². The van der Waals surface area contributed by atoms with E-state index in [-0.39, 0.29) is 18.1 Å². The number of benzene rings is 1. The number of likely N-dealkylation sites (N-methyl/N-ethyl adjacent to an activating group) is 2. The van der Waals surface area contributed by atoms with Gasteiger partial charge in [0.15, 0.2) is 0 Å². The van der Waals surface area contributed by atoms with Crippen molar-refractivity contribution >= 4 is 5.91 Å². The lowest BCUT2D eigenvalue weighted by Gasteiger charge is -2.19. The molecule has 0 aliphatic carbocycles. The van der Waals surface area contributed by atoms with Crippen LogP contribution in [0.25, 0.3) is 0 Å². The van der Waals surface area contributed by atoms with E-state index in [4.69, 9.17) is 5.11 Å². The molecule has 1 aromatic carbocycles. The van der Waals surface area contributed by atoms with Crippen LogP contribution in [0.2, 0.25) is 0 Å². The molecule has 0 heterocycles. The highest BCUT2D eigenvalue weighted by Gasteiger charge is 2.09. The van der Waals surface area contributed by atoms with Crippen LogP contribution in [0.1, 0.15) is 11.1 Å². The molecule has 5 heteroatoms. The Labute approximate surface area is 118 Å². The first-order valence-corrected chi connectivity index (χ1v) is 6.21. The smallest absolute Gasteiger partial charge is 0.236 e. The largest absolute Gasteiger partial charge is 0.384 e. The number of aliphatic hydroxyl groups is 1. The number of amides is 1. The lowest BCUT2D eigenvalue weighted by Crippen LogP contribution is -2.34. The van der Waals surface area contributed by atoms with Crippen molar-refractivity contribution < 1.29 is 14.3 Å². The molecule has 1 amide bonds. The van der Waals surface area contributed by atoms with Crippen molar-refractivity contribution in [3.05, 3.63) is 35.1 Å². The summed E-state index contributed by atoms with van der Waals surface area (Å²) in [4.78, 5) is 15.0. The monoisotopic (exact) mass is 278 g/mol. The van der Waals surface area contributed by atoms with E-state index in [0.717, 1.165) is 5.56 Å². The summed E-state index contributed by atoms with van der Waals surface area (Å²) in [5.41, 5.74) is 1.12. The SMILES string of the molecule is CN(CC(=O)N(C)C)Cc1ccc(F)c(C#CCO)c1. The van der Waals surface area contributed by atoms with Crippen LogP contribution in [0.5, 0.6) is 0 Å². The Morgan fingerprint density at radius 1 is 1.35 bits per heavy atom. The van der Waals surface area contributed by atoms with Crippen molar-refractivity contribution in [2.75, 3.05) is 34.3 Å². The first-order valence-electron chi connectivity index (χ1n) is 6.21. The van der Waals surface area contributed by atoms with Gasteiger partial charge in [-0.1, -0.05) is 17.9 Å². The predicted molar refractivity (Wildman–Crippen MR) is 75.4 cm³/mol. The van der Waals surface area contributed by atoms with Crippen molar-refractivity contribution in [1.82, 2.24) is 9.80 Å². The Kier molecular flexibility index (Phi) is 6.16. The van der Waals surface area contributed by atoms with E-state index in [0.29, 0.717) is 13.1 Å². The van der Waals surface area contributed by atoms with Gasteiger partial charge in [-0.15, -0.1) is 0 Å². The van der Waals surface area contributed by atoms with Crippen LogP contribution < -0.4 is 0 Å². The molecular weight excluding hydrogens is 259 g/mol. The number of hydrogen-bond donors (Lipinski definition) is 1. The summed E-state index contributed by atoms with van der Waals surface area (Å²) < 4.78 is 13.5. The van der Waals surface area contributed by atoms with Gasteiger partial charge in [0.25, 0.3) is 0 Å². The van der Waals surface area contributed by atoms with Gasteiger partial charge in [-0.25, -0.2) is 4.39 Å². The highest BCUT2D eigenvalue weighted by molar-refractivity contribution is 5.77. The molecule has 0 saturated carbocycles. The van der Waals surface area contributed by atoms with Crippen LogP contribution >= 0.6 is 0 Å². The number of hydrogen-bond acceptors (Lipinski definition) is 3. The average Bonchev–Trinajstić information content (AvgIpc) is 2.39. The van der Waals surface area contributed by atoms with Crippen molar-refractivity contribution in [2.45, 2.75) is 6.54 Å². The van der Waals surface area contributed by atoms with Crippen LogP contribution in [0.15, 0.2) is 18.2 Å². The summed E-state index contributed by atoms with van der Waals surface area (Å²) in [7, 11) is 5.23. The van der Waals surface area contributed by atoms with Crippen molar-refractivity contribution in [1.29, 1.82) is 0 Å². The predicted octanol–water partition coefficient (Wildman–Crippen LogP) is 0.689. The van der Waals surface area contributed by atoms with E-state index in [9.17, 15) is 9.18 Å². The molecule has 0 spiro atoms. The standard InChI is InChI=1S/C15H19FN2O2/c1-17(2)15(20)11-18(3)10-12-6-7-14(16)13(9-12)5-4-8-19/h6-7,9,19H,8,10-11H2,1-3H3. The fraction of sp³-hybridized carbons (Fsp3) is 0.400. The zero-order valence-electron chi connectivity index (χ0n) is 12.0. The van der Waals surface area contributed by atoms with E-state index in [2.05, 4.69) is 11.8 Å². The molecule has 0 aliphatic heterocycles. The molecule has 20 heavy (non-hydrogen) atoms. The maximum Gasteiger partial charge on any atom is 0.236 e. The lowest BCUT2D eigenvalue weighted by atomic mass is 10.1. The minimum atomic E-state index is -0.415. The molecule has 108 valence electrons. The summed E-state index contributed by atoms with van der Waals surface area (Å²) in [6, 6.07) is 4.64. The number of nitrogens with zero attached hydrogens (tertiary/aromatic N) is 2. The maximum atomic E-state index is 13.5. The van der Waals surface area contributed by atoms with Gasteiger partial charge >= 0.3 is 0 Å². The molecule has 0 bridgehead atoms. The summed E-state index contributed by atoms with van der Waals surface area (Å²) in [6.45, 7) is 0.511. The van der Waals surface area contributed by atoms with Gasteiger partial charge < -0.3 is 10.0 Å². The van der Waals surface area contributed by atoms with Gasteiger partial charge in [0.1, 0.15) is 12.4 Å². The number of rotatable bonds is 4. The van der Waals surface area contributed by atoms with Crippen LogP contribution in [0, 0.1) is 17.7 Å². The molecule has 0 radical (unpaired) electrons. The number of halogens is 1. The zero-order valence-corrected chi connectivity index (χ0v) is 12.0. The highest BCUT2D eigenvalue weighted by atomic mass is 19.1. The van der Waals surface area contributed by atoms with Gasteiger partial charge in [0, 0.05) is 20.6 Å². The summed E-state index contributed by atoms with van der Waals surface area (Å²) in [5, 5.41) is 8.64. The Hall–Kier alpha value is -1.90. The lowest BCUT2D eigenvalue weighted by molar-refractivity contribution is -0.129. The molecular formula is C15H19FN2O2. The van der Waals surface area contributed by atoms with Crippen LogP contribution in [0.3, 0.4) is 0 Å². The van der Waals surface area contributed by atoms with Gasteiger partial charge in [-0.2, -0.15) is 0 Å². The zero-order chi connectivity index (χ0) is 15.1. The minimum Gasteiger partial charge on any atom is -0.384 e. The second-order valence-corrected chi connectivity index (χ2v) is 4.73. The second kappa shape index (κ2) is 7.63. The van der Waals surface area contributed by atoms with Gasteiger partial charge in [-0.05, 0) is 24.7 Å². The van der Waals surface area contributed by atoms with Crippen molar-refractivity contribution in [2.24, 2.45) is 0 Å². The topological polar surface area (TPSA) is 43.8 Å². The molecule has 4 nitrogen and oxygen atoms in total. The molecule has 1 N–H and O–H groups in total. The first kappa shape index (κ1) is 16.2. The third kappa shape index (κ3) is 5.00. The van der Waals surface area contributed by atoms with E-state index >= 15 is 0 Å². The van der Waals surface area contributed by atoms with Crippen LogP contribution in [-0.4, -0.2) is 55.1 Å². The molecule has 1 aromatic rings. The Morgan fingerprint density at radius 3 is 2.65 bits per heavy atom. The first-order chi connectivity index (χ1) is 9.43. The molecule has 1 rings (SSSR count). The van der Waals surface area contributed by atoms with Crippen molar-refractivity contribution in [3.63, 3.8) is 0 Å². The molecule has 0 aromatic heterocycles. The molecule has 0 fully saturated rings. The van der Waals surface area contributed by atoms with Crippen molar-refractivity contribution in [3.8, 4) is 11.8 Å². The van der Waals surface area contributed by atoms with Gasteiger partial charge in [-0.3, -0.25) is 9.69 Å². The van der Waals surface area contributed by atoms with E-state index in [1.54, 1.807) is 26.2 Å². The summed E-state index contributed by atoms with van der Waals surface area (Å²) >= 11 is 0. The Balaban J connectivity index is 2.75. The number of aliphatic hydroxyl groups excluding tert-OH is 1.